The van der Waals surface area contributed by atoms with Gasteiger partial charge in [-0.05, 0) is 24.3 Å². The molecule has 12 nitrogen and oxygen atoms in total. The van der Waals surface area contributed by atoms with Crippen molar-refractivity contribution in [3.8, 4) is 0 Å². The van der Waals surface area contributed by atoms with Crippen molar-refractivity contribution < 1.29 is 45.4 Å². The molecule has 38 heavy (non-hydrogen) atoms. The third-order valence-corrected chi connectivity index (χ3v) is 9.67. The molecule has 0 radical (unpaired) electrons. The van der Waals surface area contributed by atoms with Crippen molar-refractivity contribution in [3.63, 3.8) is 0 Å². The van der Waals surface area contributed by atoms with E-state index < -0.39 is 41.7 Å². The molecule has 2 rings (SSSR count). The highest BCUT2D eigenvalue weighted by molar-refractivity contribution is 7.93. The summed E-state index contributed by atoms with van der Waals surface area (Å²) < 4.78 is 73.6. The largest absolute Gasteiger partial charge is 0.420 e. The summed E-state index contributed by atoms with van der Waals surface area (Å²) in [6.45, 7) is 2.07. The van der Waals surface area contributed by atoms with Gasteiger partial charge in [0.1, 0.15) is 0 Å². The molecule has 0 aliphatic heterocycles. The highest BCUT2D eigenvalue weighted by Gasteiger charge is 2.49. The van der Waals surface area contributed by atoms with Crippen LogP contribution in [0.1, 0.15) is 13.8 Å². The number of ether oxygens (including phenoxy) is 4. The van der Waals surface area contributed by atoms with Gasteiger partial charge in [0, 0.05) is 41.2 Å². The molecule has 0 aliphatic carbocycles. The summed E-state index contributed by atoms with van der Waals surface area (Å²) >= 11 is 0. The highest BCUT2D eigenvalue weighted by Crippen LogP contribution is 2.27. The molecule has 0 spiro atoms. The van der Waals surface area contributed by atoms with Crippen LogP contribution >= 0.6 is 0 Å². The average molecular weight is 573 g/mol. The molecule has 0 fully saturated rings. The van der Waals surface area contributed by atoms with E-state index in [-0.39, 0.29) is 36.1 Å². The van der Waals surface area contributed by atoms with Crippen molar-refractivity contribution in [2.75, 3.05) is 40.5 Å². The summed E-state index contributed by atoms with van der Waals surface area (Å²) in [5.41, 5.74) is 0. The predicted octanol–water partition coefficient (Wildman–Crippen LogP) is 0.840. The summed E-state index contributed by atoms with van der Waals surface area (Å²) in [4.78, 5) is 25.3. The molecule has 14 heteroatoms. The van der Waals surface area contributed by atoms with E-state index >= 15 is 0 Å². The number of carbonyl (C=O) groups is 2. The molecular weight excluding hydrogens is 540 g/mol. The zero-order valence-corrected chi connectivity index (χ0v) is 23.1. The zero-order chi connectivity index (χ0) is 28.5. The fourth-order valence-corrected chi connectivity index (χ4v) is 6.10. The molecule has 0 saturated heterocycles. The average Bonchev–Trinajstić information content (AvgIpc) is 2.89. The lowest BCUT2D eigenvalue weighted by molar-refractivity contribution is -0.179. The first-order valence-corrected chi connectivity index (χ1v) is 14.3. The van der Waals surface area contributed by atoms with E-state index in [0.717, 1.165) is 13.8 Å². The summed E-state index contributed by atoms with van der Waals surface area (Å²) in [6.07, 6.45) is 0. The number of rotatable bonds is 14. The molecular formula is C24H32N2O10S2. The molecule has 0 aromatic heterocycles. The second kappa shape index (κ2) is 13.3. The van der Waals surface area contributed by atoms with Crippen molar-refractivity contribution in [2.45, 2.75) is 33.8 Å². The Morgan fingerprint density at radius 1 is 0.658 bits per heavy atom. The lowest BCUT2D eigenvalue weighted by Gasteiger charge is -2.32. The maximum atomic E-state index is 13.4. The molecule has 210 valence electrons. The number of hydrogen-bond donors (Lipinski definition) is 2. The Labute approximate surface area is 222 Å². The Morgan fingerprint density at radius 3 is 1.26 bits per heavy atom. The lowest BCUT2D eigenvalue weighted by Crippen LogP contribution is -2.57. The topological polar surface area (TPSA) is 163 Å². The van der Waals surface area contributed by atoms with Gasteiger partial charge in [-0.1, -0.05) is 36.4 Å². The number of esters is 2. The van der Waals surface area contributed by atoms with Gasteiger partial charge in [0.05, 0.1) is 23.0 Å². The van der Waals surface area contributed by atoms with Crippen LogP contribution in [0.2, 0.25) is 0 Å². The van der Waals surface area contributed by atoms with Crippen LogP contribution in [-0.4, -0.2) is 79.4 Å². The Balaban J connectivity index is 2.38. The van der Waals surface area contributed by atoms with Crippen LogP contribution in [0.5, 0.6) is 0 Å². The van der Waals surface area contributed by atoms with Crippen molar-refractivity contribution in [2.24, 2.45) is 0 Å². The van der Waals surface area contributed by atoms with Gasteiger partial charge < -0.3 is 18.9 Å². The predicted molar refractivity (Wildman–Crippen MR) is 136 cm³/mol. The van der Waals surface area contributed by atoms with E-state index in [9.17, 15) is 26.4 Å². The summed E-state index contributed by atoms with van der Waals surface area (Å²) in [7, 11) is -6.05. The van der Waals surface area contributed by atoms with Gasteiger partial charge in [0.25, 0.3) is 10.1 Å². The van der Waals surface area contributed by atoms with E-state index in [2.05, 4.69) is 10.6 Å². The standard InChI is InChI=1S/C24H32N2O10S2/c1-23(25-15-17-33-3,37(29,30)19-11-7-5-8-12-19)35-21(27)22(28)36-24(2,26-16-18-34-4)38(31,32)20-13-9-6-10-14-20/h5-14,25-26H,15-18H2,1-4H3. The number of hydrogen-bond acceptors (Lipinski definition) is 12. The van der Waals surface area contributed by atoms with Crippen LogP contribution < -0.4 is 10.6 Å². The second-order valence-corrected chi connectivity index (χ2v) is 12.7. The minimum atomic E-state index is -4.41. The number of carbonyl (C=O) groups excluding carboxylic acids is 2. The first-order chi connectivity index (χ1) is 17.8. The van der Waals surface area contributed by atoms with Crippen molar-refractivity contribution in [1.82, 2.24) is 10.6 Å². The van der Waals surface area contributed by atoms with Crippen LogP contribution in [-0.2, 0) is 48.2 Å². The maximum absolute atomic E-state index is 13.4. The highest BCUT2D eigenvalue weighted by atomic mass is 32.2. The lowest BCUT2D eigenvalue weighted by atomic mass is 10.4. The molecule has 2 unspecified atom stereocenters. The molecule has 2 aromatic rings. The maximum Gasteiger partial charge on any atom is 0.420 e. The van der Waals surface area contributed by atoms with Gasteiger partial charge >= 0.3 is 11.9 Å². The monoisotopic (exact) mass is 572 g/mol. The number of sulfone groups is 2. The molecule has 0 saturated carbocycles. The van der Waals surface area contributed by atoms with Crippen molar-refractivity contribution in [3.05, 3.63) is 60.7 Å². The SMILES string of the molecule is COCCNC(C)(OC(=O)C(=O)OC(C)(NCCOC)S(=O)(=O)c1ccccc1)S(=O)(=O)c1ccccc1. The Bertz CT molecular complexity index is 1190. The summed E-state index contributed by atoms with van der Waals surface area (Å²) in [6, 6.07) is 14.3. The smallest absolute Gasteiger partial charge is 0.420 e. The van der Waals surface area contributed by atoms with Gasteiger partial charge in [-0.2, -0.15) is 0 Å². The molecule has 0 aliphatic rings. The molecule has 2 atom stereocenters. The molecule has 0 bridgehead atoms. The molecule has 2 aromatic carbocycles. The van der Waals surface area contributed by atoms with E-state index in [1.807, 2.05) is 0 Å². The van der Waals surface area contributed by atoms with E-state index in [4.69, 9.17) is 18.9 Å². The Morgan fingerprint density at radius 2 is 0.974 bits per heavy atom. The molecule has 0 heterocycles. The van der Waals surface area contributed by atoms with Crippen LogP contribution in [0, 0.1) is 0 Å². The van der Waals surface area contributed by atoms with Crippen LogP contribution in [0.4, 0.5) is 0 Å². The van der Waals surface area contributed by atoms with Gasteiger partial charge in [-0.15, -0.1) is 0 Å². The zero-order valence-electron chi connectivity index (χ0n) is 21.5. The summed E-state index contributed by atoms with van der Waals surface area (Å²) in [5.74, 6) is -3.47. The molecule has 2 N–H and O–H groups in total. The fraction of sp³-hybridized carbons (Fsp3) is 0.417. The Kier molecular flexibility index (Phi) is 10.9. The third kappa shape index (κ3) is 7.15. The third-order valence-electron chi connectivity index (χ3n) is 5.38. The van der Waals surface area contributed by atoms with E-state index in [1.165, 1.54) is 62.8 Å². The number of benzene rings is 2. The second-order valence-electron chi connectivity index (χ2n) is 8.14. The first-order valence-electron chi connectivity index (χ1n) is 11.4. The normalized spacial score (nSPS) is 15.2. The van der Waals surface area contributed by atoms with Crippen molar-refractivity contribution in [1.29, 1.82) is 0 Å². The van der Waals surface area contributed by atoms with E-state index in [1.54, 1.807) is 12.1 Å². The van der Waals surface area contributed by atoms with Gasteiger partial charge in [-0.3, -0.25) is 10.6 Å². The van der Waals surface area contributed by atoms with E-state index in [0.29, 0.717) is 0 Å². The number of methoxy groups -OCH3 is 2. The summed E-state index contributed by atoms with van der Waals surface area (Å²) in [5, 5.41) is 0.278. The Hall–Kier alpha value is -2.88. The van der Waals surface area contributed by atoms with Gasteiger partial charge in [-0.25, -0.2) is 26.4 Å². The number of nitrogens with one attached hydrogen (secondary N) is 2. The van der Waals surface area contributed by atoms with Crippen LogP contribution in [0.3, 0.4) is 0 Å². The fourth-order valence-electron chi connectivity index (χ4n) is 3.22. The quantitative estimate of drug-likeness (QED) is 0.142. The molecule has 0 amide bonds. The van der Waals surface area contributed by atoms with Gasteiger partial charge in [0.2, 0.25) is 19.7 Å². The minimum absolute atomic E-state index is 0.0543. The van der Waals surface area contributed by atoms with Crippen LogP contribution in [0.15, 0.2) is 70.5 Å². The minimum Gasteiger partial charge on any atom is -0.420 e. The van der Waals surface area contributed by atoms with Crippen molar-refractivity contribution >= 4 is 31.6 Å². The van der Waals surface area contributed by atoms with Gasteiger partial charge in [0.15, 0.2) is 0 Å². The first kappa shape index (κ1) is 31.3. The van der Waals surface area contributed by atoms with Crippen LogP contribution in [0.25, 0.3) is 0 Å².